The van der Waals surface area contributed by atoms with Crippen molar-refractivity contribution in [1.29, 1.82) is 0 Å². The summed E-state index contributed by atoms with van der Waals surface area (Å²) in [5.41, 5.74) is 0. The summed E-state index contributed by atoms with van der Waals surface area (Å²) in [6.07, 6.45) is -0.764. The second kappa shape index (κ2) is 9.68. The molecule has 0 aromatic rings. The third-order valence-electron chi connectivity index (χ3n) is 1.27. The Morgan fingerprint density at radius 1 is 0.941 bits per heavy atom. The van der Waals surface area contributed by atoms with Gasteiger partial charge in [-0.1, -0.05) is 13.8 Å². The van der Waals surface area contributed by atoms with Crippen LogP contribution in [-0.2, 0) is 28.5 Å². The Labute approximate surface area is 104 Å². The lowest BCUT2D eigenvalue weighted by Crippen LogP contribution is -2.27. The number of ether oxygens (including phenoxy) is 2. The molecule has 0 saturated heterocycles. The van der Waals surface area contributed by atoms with Crippen LogP contribution < -0.4 is 0 Å². The zero-order chi connectivity index (χ0) is 14.0. The average Bonchev–Trinajstić information content (AvgIpc) is 2.16. The van der Waals surface area contributed by atoms with E-state index in [0.29, 0.717) is 0 Å². The Balaban J connectivity index is -0.000000321. The van der Waals surface area contributed by atoms with Crippen LogP contribution >= 0.6 is 0 Å². The maximum Gasteiger partial charge on any atom is 0.378 e. The molecule has 0 heterocycles. The van der Waals surface area contributed by atoms with Crippen molar-refractivity contribution in [1.82, 2.24) is 0 Å². The summed E-state index contributed by atoms with van der Waals surface area (Å²) in [5.74, 6) is -1.40. The summed E-state index contributed by atoms with van der Waals surface area (Å²) < 4.78 is 13.1. The van der Waals surface area contributed by atoms with Gasteiger partial charge in [-0.15, -0.1) is 0 Å². The molecule has 0 aromatic carbocycles. The van der Waals surface area contributed by atoms with E-state index in [1.165, 1.54) is 20.8 Å². The zero-order valence-corrected chi connectivity index (χ0v) is 10.7. The van der Waals surface area contributed by atoms with Crippen molar-refractivity contribution in [3.63, 3.8) is 0 Å². The number of esters is 2. The third kappa shape index (κ3) is 14.5. The monoisotopic (exact) mass is 246 g/mol. The van der Waals surface area contributed by atoms with Gasteiger partial charge in [0, 0.05) is 28.1 Å². The first-order chi connectivity index (χ1) is 7.70. The maximum atomic E-state index is 10.5. The standard InChI is InChI=1S/C8H14O4.C2H3BO2.H2/c1-5(2)8(11-6(3)9)12-7(4)10;1-2(4)5-3;/h5,8H,1-4H3;1H3;1H. The highest BCUT2D eigenvalue weighted by Crippen LogP contribution is 2.08. The van der Waals surface area contributed by atoms with Gasteiger partial charge in [0.15, 0.2) is 0 Å². The Hall–Kier alpha value is -1.53. The highest BCUT2D eigenvalue weighted by molar-refractivity contribution is 6.04. The van der Waals surface area contributed by atoms with Gasteiger partial charge in [-0.25, -0.2) is 0 Å². The highest BCUT2D eigenvalue weighted by Gasteiger charge is 2.18. The van der Waals surface area contributed by atoms with E-state index < -0.39 is 24.2 Å². The van der Waals surface area contributed by atoms with Gasteiger partial charge in [-0.2, -0.15) is 0 Å². The van der Waals surface area contributed by atoms with Gasteiger partial charge >= 0.3 is 20.0 Å². The summed E-state index contributed by atoms with van der Waals surface area (Å²) >= 11 is 0. The van der Waals surface area contributed by atoms with Crippen molar-refractivity contribution in [3.05, 3.63) is 0 Å². The van der Waals surface area contributed by atoms with E-state index in [4.69, 9.17) is 9.47 Å². The largest absolute Gasteiger partial charge is 0.544 e. The molecular weight excluding hydrogens is 227 g/mol. The molecule has 0 amide bonds. The molecule has 0 unspecified atom stereocenters. The first-order valence-electron chi connectivity index (χ1n) is 4.92. The first-order valence-corrected chi connectivity index (χ1v) is 4.92. The van der Waals surface area contributed by atoms with Crippen molar-refractivity contribution in [2.75, 3.05) is 0 Å². The summed E-state index contributed by atoms with van der Waals surface area (Å²) in [4.78, 5) is 30.5. The number of carbonyl (C=O) groups is 3. The Kier molecular flexibility index (Phi) is 10.2. The number of carbonyl (C=O) groups excluding carboxylic acids is 3. The maximum absolute atomic E-state index is 10.5. The van der Waals surface area contributed by atoms with Crippen LogP contribution in [0.1, 0.15) is 36.0 Å². The molecule has 98 valence electrons. The molecule has 0 bridgehead atoms. The molecule has 0 saturated carbocycles. The smallest absolute Gasteiger partial charge is 0.378 e. The van der Waals surface area contributed by atoms with Gasteiger partial charge in [-0.3, -0.25) is 14.4 Å². The molecule has 0 atom stereocenters. The van der Waals surface area contributed by atoms with Crippen molar-refractivity contribution >= 4 is 26.0 Å². The van der Waals surface area contributed by atoms with Crippen LogP contribution in [0.3, 0.4) is 0 Å². The number of hydrogen-bond acceptors (Lipinski definition) is 6. The minimum atomic E-state index is -0.764. The van der Waals surface area contributed by atoms with Gasteiger partial charge < -0.3 is 14.1 Å². The molecule has 6 nitrogen and oxygen atoms in total. The second-order valence-corrected chi connectivity index (χ2v) is 3.44. The van der Waals surface area contributed by atoms with Crippen molar-refractivity contribution in [2.45, 2.75) is 40.9 Å². The molecule has 0 aliphatic carbocycles. The summed E-state index contributed by atoms with van der Waals surface area (Å²) in [6.45, 7) is 7.39. The Morgan fingerprint density at radius 3 is 1.35 bits per heavy atom. The Bertz CT molecular complexity index is 253. The van der Waals surface area contributed by atoms with E-state index in [0.717, 1.165) is 0 Å². The fraction of sp³-hybridized carbons (Fsp3) is 0.700. The Morgan fingerprint density at radius 2 is 1.24 bits per heavy atom. The van der Waals surface area contributed by atoms with E-state index in [2.05, 4.69) is 12.7 Å². The van der Waals surface area contributed by atoms with Gasteiger partial charge in [-0.05, 0) is 0 Å². The topological polar surface area (TPSA) is 78.9 Å². The van der Waals surface area contributed by atoms with Crippen LogP contribution in [0.4, 0.5) is 0 Å². The molecule has 2 radical (unpaired) electrons. The fourth-order valence-corrected chi connectivity index (χ4v) is 0.623. The van der Waals surface area contributed by atoms with Gasteiger partial charge in [0.1, 0.15) is 0 Å². The highest BCUT2D eigenvalue weighted by atomic mass is 16.7. The summed E-state index contributed by atoms with van der Waals surface area (Å²) in [5, 5.41) is 0. The second-order valence-electron chi connectivity index (χ2n) is 3.44. The van der Waals surface area contributed by atoms with E-state index >= 15 is 0 Å². The van der Waals surface area contributed by atoms with Crippen molar-refractivity contribution in [2.24, 2.45) is 5.92 Å². The summed E-state index contributed by atoms with van der Waals surface area (Å²) in [7, 11) is 4.32. The van der Waals surface area contributed by atoms with Crippen LogP contribution in [0.15, 0.2) is 0 Å². The van der Waals surface area contributed by atoms with E-state index in [1.807, 2.05) is 0 Å². The third-order valence-corrected chi connectivity index (χ3v) is 1.27. The minimum Gasteiger partial charge on any atom is -0.544 e. The molecule has 0 spiro atoms. The lowest BCUT2D eigenvalue weighted by Gasteiger charge is -2.19. The predicted octanol–water partition coefficient (Wildman–Crippen LogP) is 0.974. The minimum absolute atomic E-state index is 0. The van der Waals surface area contributed by atoms with E-state index in [1.54, 1.807) is 13.8 Å². The molecule has 0 aliphatic heterocycles. The number of hydrogen-bond donors (Lipinski definition) is 0. The molecular formula is C10H19BO6. The molecule has 0 aromatic heterocycles. The van der Waals surface area contributed by atoms with Crippen LogP contribution in [0.2, 0.25) is 0 Å². The average molecular weight is 246 g/mol. The van der Waals surface area contributed by atoms with Gasteiger partial charge in [0.25, 0.3) is 5.97 Å². The first kappa shape index (κ1) is 17.9. The molecule has 0 N–H and O–H groups in total. The number of rotatable bonds is 3. The fourth-order valence-electron chi connectivity index (χ4n) is 0.623. The van der Waals surface area contributed by atoms with Crippen LogP contribution in [-0.4, -0.2) is 32.2 Å². The van der Waals surface area contributed by atoms with Crippen LogP contribution in [0.5, 0.6) is 0 Å². The molecule has 0 aliphatic rings. The van der Waals surface area contributed by atoms with E-state index in [-0.39, 0.29) is 7.34 Å². The van der Waals surface area contributed by atoms with E-state index in [9.17, 15) is 14.4 Å². The van der Waals surface area contributed by atoms with Gasteiger partial charge in [0.2, 0.25) is 6.29 Å². The molecule has 0 fully saturated rings. The molecule has 0 rings (SSSR count). The summed E-state index contributed by atoms with van der Waals surface area (Å²) in [6, 6.07) is 0. The molecule has 7 heteroatoms. The zero-order valence-electron chi connectivity index (χ0n) is 10.7. The SMILES string of the molecule is CC(=O)OC(OC(C)=O)C(C)C.[B]OC(C)=O.[HH]. The molecule has 17 heavy (non-hydrogen) atoms. The predicted molar refractivity (Wildman–Crippen MR) is 61.8 cm³/mol. The normalized spacial score (nSPS) is 9.12. The van der Waals surface area contributed by atoms with Crippen LogP contribution in [0.25, 0.3) is 0 Å². The lowest BCUT2D eigenvalue weighted by molar-refractivity contribution is -0.192. The van der Waals surface area contributed by atoms with Crippen molar-refractivity contribution in [3.8, 4) is 0 Å². The lowest BCUT2D eigenvalue weighted by atomic mass is 10.2. The van der Waals surface area contributed by atoms with Gasteiger partial charge in [0.05, 0.1) is 0 Å². The van der Waals surface area contributed by atoms with Crippen LogP contribution in [0, 0.1) is 5.92 Å². The quantitative estimate of drug-likeness (QED) is 0.419. The van der Waals surface area contributed by atoms with Crippen molar-refractivity contribution < 1.29 is 29.9 Å².